The van der Waals surface area contributed by atoms with Crippen molar-refractivity contribution in [3.63, 3.8) is 0 Å². The van der Waals surface area contributed by atoms with E-state index in [1.165, 1.54) is 4.31 Å². The Balaban J connectivity index is 1.40. The third-order valence-corrected chi connectivity index (χ3v) is 8.15. The van der Waals surface area contributed by atoms with E-state index in [-0.39, 0.29) is 17.2 Å². The molecule has 0 saturated carbocycles. The number of anilines is 2. The Labute approximate surface area is 205 Å². The molecule has 35 heavy (non-hydrogen) atoms. The van der Waals surface area contributed by atoms with E-state index in [2.05, 4.69) is 5.32 Å². The molecule has 0 bridgehead atoms. The molecule has 0 aliphatic carbocycles. The van der Waals surface area contributed by atoms with Crippen LogP contribution in [-0.4, -0.2) is 28.0 Å². The van der Waals surface area contributed by atoms with Crippen molar-refractivity contribution < 1.29 is 17.9 Å². The van der Waals surface area contributed by atoms with Gasteiger partial charge in [-0.1, -0.05) is 48.5 Å². The minimum atomic E-state index is -3.75. The molecule has 0 unspecified atom stereocenters. The maximum atomic E-state index is 13.4. The number of sulfonamides is 1. The van der Waals surface area contributed by atoms with Gasteiger partial charge in [0.25, 0.3) is 10.0 Å². The van der Waals surface area contributed by atoms with E-state index in [1.807, 2.05) is 54.6 Å². The van der Waals surface area contributed by atoms with Crippen LogP contribution in [0.5, 0.6) is 5.75 Å². The van der Waals surface area contributed by atoms with Crippen molar-refractivity contribution in [2.45, 2.75) is 24.2 Å². The van der Waals surface area contributed by atoms with Crippen LogP contribution in [0.3, 0.4) is 0 Å². The third kappa shape index (κ3) is 4.59. The Hall–Kier alpha value is -3.84. The molecule has 4 aromatic carbocycles. The molecule has 1 N–H and O–H groups in total. The van der Waals surface area contributed by atoms with Gasteiger partial charge in [0.05, 0.1) is 24.1 Å². The highest BCUT2D eigenvalue weighted by Gasteiger charge is 2.29. The number of hydrogen-bond acceptors (Lipinski definition) is 4. The van der Waals surface area contributed by atoms with Crippen molar-refractivity contribution >= 4 is 38.1 Å². The highest BCUT2D eigenvalue weighted by atomic mass is 32.2. The monoisotopic (exact) mass is 486 g/mol. The van der Waals surface area contributed by atoms with E-state index in [1.54, 1.807) is 37.4 Å². The molecule has 6 nitrogen and oxygen atoms in total. The molecule has 178 valence electrons. The minimum absolute atomic E-state index is 0.151. The summed E-state index contributed by atoms with van der Waals surface area (Å²) in [5.74, 6) is 0.445. The molecule has 5 rings (SSSR count). The van der Waals surface area contributed by atoms with Gasteiger partial charge >= 0.3 is 0 Å². The Morgan fingerprint density at radius 1 is 0.971 bits per heavy atom. The summed E-state index contributed by atoms with van der Waals surface area (Å²) in [6.07, 6.45) is 1.75. The van der Waals surface area contributed by atoms with Crippen LogP contribution in [0.15, 0.2) is 89.8 Å². The summed E-state index contributed by atoms with van der Waals surface area (Å²) in [5.41, 5.74) is 3.07. The van der Waals surface area contributed by atoms with E-state index in [9.17, 15) is 13.2 Å². The first-order valence-electron chi connectivity index (χ1n) is 11.5. The van der Waals surface area contributed by atoms with Crippen molar-refractivity contribution in [2.75, 3.05) is 23.3 Å². The lowest BCUT2D eigenvalue weighted by atomic mass is 10.0. The lowest BCUT2D eigenvalue weighted by Crippen LogP contribution is -2.35. The van der Waals surface area contributed by atoms with Crippen LogP contribution >= 0.6 is 0 Å². The molecule has 0 radical (unpaired) electrons. The highest BCUT2D eigenvalue weighted by Crippen LogP contribution is 2.34. The number of nitrogens with one attached hydrogen (secondary N) is 1. The number of nitrogens with zero attached hydrogens (tertiary/aromatic N) is 1. The molecule has 0 fully saturated rings. The number of hydrogen-bond donors (Lipinski definition) is 1. The standard InChI is InChI=1S/C28H26N2O4S/c1-34-24-13-15-25(16-14-24)35(32,33)30-17-5-9-21-11-12-23(19-27(21)30)29-28(31)18-22-8-4-7-20-6-2-3-10-26(20)22/h2-4,6-8,10-16,19H,5,9,17-18H2,1H3,(H,29,31). The number of aryl methyl sites for hydroxylation is 1. The first-order valence-corrected chi connectivity index (χ1v) is 13.0. The molecule has 0 spiro atoms. The molecular formula is C28H26N2O4S. The van der Waals surface area contributed by atoms with E-state index in [0.29, 0.717) is 23.7 Å². The Kier molecular flexibility index (Phi) is 6.17. The zero-order valence-corrected chi connectivity index (χ0v) is 20.2. The maximum Gasteiger partial charge on any atom is 0.264 e. The Morgan fingerprint density at radius 3 is 2.54 bits per heavy atom. The number of amides is 1. The van der Waals surface area contributed by atoms with Gasteiger partial charge in [0.15, 0.2) is 0 Å². The summed E-state index contributed by atoms with van der Waals surface area (Å²) in [5, 5.41) is 5.09. The zero-order chi connectivity index (χ0) is 24.4. The smallest absolute Gasteiger partial charge is 0.264 e. The molecule has 1 amide bonds. The van der Waals surface area contributed by atoms with E-state index < -0.39 is 10.0 Å². The molecule has 0 saturated heterocycles. The predicted molar refractivity (Wildman–Crippen MR) is 139 cm³/mol. The van der Waals surface area contributed by atoms with Crippen LogP contribution in [0.4, 0.5) is 11.4 Å². The number of rotatable bonds is 6. The summed E-state index contributed by atoms with van der Waals surface area (Å²) in [6, 6.07) is 25.8. The molecule has 1 aliphatic heterocycles. The summed E-state index contributed by atoms with van der Waals surface area (Å²) in [7, 11) is -2.21. The Bertz CT molecular complexity index is 1490. The van der Waals surface area contributed by atoms with E-state index >= 15 is 0 Å². The zero-order valence-electron chi connectivity index (χ0n) is 19.4. The second-order valence-electron chi connectivity index (χ2n) is 8.56. The fourth-order valence-electron chi connectivity index (χ4n) is 4.57. The summed E-state index contributed by atoms with van der Waals surface area (Å²) in [6.45, 7) is 0.384. The van der Waals surface area contributed by atoms with Crippen molar-refractivity contribution in [3.05, 3.63) is 96.1 Å². The quantitative estimate of drug-likeness (QED) is 0.408. The second kappa shape index (κ2) is 9.43. The SMILES string of the molecule is COc1ccc(S(=O)(=O)N2CCCc3ccc(NC(=O)Cc4cccc5ccccc45)cc32)cc1. The number of benzene rings is 4. The summed E-state index contributed by atoms with van der Waals surface area (Å²) in [4.78, 5) is 13.1. The van der Waals surface area contributed by atoms with E-state index in [4.69, 9.17) is 4.74 Å². The van der Waals surface area contributed by atoms with Crippen LogP contribution in [0.2, 0.25) is 0 Å². The van der Waals surface area contributed by atoms with Gasteiger partial charge in [-0.15, -0.1) is 0 Å². The van der Waals surface area contributed by atoms with Gasteiger partial charge in [0, 0.05) is 12.2 Å². The topological polar surface area (TPSA) is 75.7 Å². The van der Waals surface area contributed by atoms with Crippen LogP contribution in [0, 0.1) is 0 Å². The van der Waals surface area contributed by atoms with Crippen molar-refractivity contribution in [1.82, 2.24) is 0 Å². The Morgan fingerprint density at radius 2 is 1.74 bits per heavy atom. The number of ether oxygens (including phenoxy) is 1. The van der Waals surface area contributed by atoms with Gasteiger partial charge in [-0.3, -0.25) is 9.10 Å². The lowest BCUT2D eigenvalue weighted by Gasteiger charge is -2.31. The van der Waals surface area contributed by atoms with Gasteiger partial charge in [0.2, 0.25) is 5.91 Å². The van der Waals surface area contributed by atoms with Gasteiger partial charge in [-0.25, -0.2) is 8.42 Å². The number of methoxy groups -OCH3 is 1. The minimum Gasteiger partial charge on any atom is -0.497 e. The van der Waals surface area contributed by atoms with Gasteiger partial charge < -0.3 is 10.1 Å². The fraction of sp³-hybridized carbons (Fsp3) is 0.179. The first-order chi connectivity index (χ1) is 17.0. The normalized spacial score (nSPS) is 13.3. The summed E-state index contributed by atoms with van der Waals surface area (Å²) >= 11 is 0. The number of carbonyl (C=O) groups excluding carboxylic acids is 1. The van der Waals surface area contributed by atoms with Gasteiger partial charge in [-0.05, 0) is 71.1 Å². The van der Waals surface area contributed by atoms with Gasteiger partial charge in [0.1, 0.15) is 5.75 Å². The van der Waals surface area contributed by atoms with Crippen molar-refractivity contribution in [3.8, 4) is 5.75 Å². The average molecular weight is 487 g/mol. The van der Waals surface area contributed by atoms with Crippen LogP contribution in [-0.2, 0) is 27.7 Å². The fourth-order valence-corrected chi connectivity index (χ4v) is 6.10. The average Bonchev–Trinajstić information content (AvgIpc) is 2.88. The second-order valence-corrected chi connectivity index (χ2v) is 10.4. The molecule has 0 aromatic heterocycles. The third-order valence-electron chi connectivity index (χ3n) is 6.32. The molecule has 0 atom stereocenters. The van der Waals surface area contributed by atoms with Crippen LogP contribution in [0.25, 0.3) is 10.8 Å². The predicted octanol–water partition coefficient (Wildman–Crippen LogP) is 5.17. The molecule has 1 aliphatic rings. The molecule has 4 aromatic rings. The molecule has 1 heterocycles. The number of carbonyl (C=O) groups is 1. The largest absolute Gasteiger partial charge is 0.497 e. The van der Waals surface area contributed by atoms with E-state index in [0.717, 1.165) is 34.7 Å². The molecule has 7 heteroatoms. The highest BCUT2D eigenvalue weighted by molar-refractivity contribution is 7.92. The number of fused-ring (bicyclic) bond motifs is 2. The lowest BCUT2D eigenvalue weighted by molar-refractivity contribution is -0.115. The van der Waals surface area contributed by atoms with Crippen molar-refractivity contribution in [2.24, 2.45) is 0 Å². The summed E-state index contributed by atoms with van der Waals surface area (Å²) < 4.78 is 33.5. The van der Waals surface area contributed by atoms with Gasteiger partial charge in [-0.2, -0.15) is 0 Å². The van der Waals surface area contributed by atoms with Crippen LogP contribution in [0.1, 0.15) is 17.5 Å². The maximum absolute atomic E-state index is 13.4. The molecular weight excluding hydrogens is 460 g/mol. The first kappa shape index (κ1) is 22.9. The van der Waals surface area contributed by atoms with Crippen molar-refractivity contribution in [1.29, 1.82) is 0 Å². The van der Waals surface area contributed by atoms with Crippen LogP contribution < -0.4 is 14.4 Å².